The van der Waals surface area contributed by atoms with Crippen LogP contribution in [-0.2, 0) is 4.79 Å². The van der Waals surface area contributed by atoms with Gasteiger partial charge < -0.3 is 15.2 Å². The zero-order valence-electron chi connectivity index (χ0n) is 17.8. The van der Waals surface area contributed by atoms with Crippen molar-refractivity contribution in [3.05, 3.63) is 48.2 Å². The number of primary amides is 1. The normalized spacial score (nSPS) is 21.0. The van der Waals surface area contributed by atoms with Crippen LogP contribution in [0.2, 0.25) is 0 Å². The van der Waals surface area contributed by atoms with E-state index < -0.39 is 24.1 Å². The number of benzene rings is 1. The second-order valence-corrected chi connectivity index (χ2v) is 7.94. The van der Waals surface area contributed by atoms with Crippen molar-refractivity contribution in [2.75, 3.05) is 11.4 Å². The van der Waals surface area contributed by atoms with Crippen LogP contribution < -0.4 is 20.1 Å². The van der Waals surface area contributed by atoms with Gasteiger partial charge in [0.2, 0.25) is 5.88 Å². The third-order valence-electron chi connectivity index (χ3n) is 5.70. The minimum Gasteiger partial charge on any atom is -0.474 e. The van der Waals surface area contributed by atoms with E-state index in [1.54, 1.807) is 6.07 Å². The van der Waals surface area contributed by atoms with Gasteiger partial charge in [-0.3, -0.25) is 19.4 Å². The molecule has 12 heteroatoms. The number of halogens is 3. The van der Waals surface area contributed by atoms with Crippen LogP contribution in [0.4, 0.5) is 23.7 Å². The topological polar surface area (TPSA) is 115 Å². The SMILES string of the molecule is NC(=O)c1cccnc1O[C@H]1CC[C@H](N2C(=O)CN(c3ccc(OC(F)(F)F)cc3)C2=O)CC1. The number of aromatic nitrogens is 1. The van der Waals surface area contributed by atoms with E-state index in [0.717, 1.165) is 12.1 Å². The lowest BCUT2D eigenvalue weighted by molar-refractivity contribution is -0.274. The summed E-state index contributed by atoms with van der Waals surface area (Å²) in [6.07, 6.45) is -1.54. The van der Waals surface area contributed by atoms with Crippen molar-refractivity contribution in [3.8, 4) is 11.6 Å². The minimum atomic E-state index is -4.82. The second-order valence-electron chi connectivity index (χ2n) is 7.94. The number of nitrogens with two attached hydrogens (primary N) is 1. The largest absolute Gasteiger partial charge is 0.573 e. The Balaban J connectivity index is 1.37. The van der Waals surface area contributed by atoms with Gasteiger partial charge >= 0.3 is 12.4 Å². The lowest BCUT2D eigenvalue weighted by Gasteiger charge is -2.33. The number of hydrogen-bond donors (Lipinski definition) is 1. The molecule has 180 valence electrons. The van der Waals surface area contributed by atoms with E-state index in [0.29, 0.717) is 31.4 Å². The van der Waals surface area contributed by atoms with E-state index in [-0.39, 0.29) is 36.0 Å². The molecular formula is C22H21F3N4O5. The van der Waals surface area contributed by atoms with E-state index in [4.69, 9.17) is 10.5 Å². The molecule has 0 atom stereocenters. The molecule has 0 unspecified atom stereocenters. The fourth-order valence-electron chi connectivity index (χ4n) is 4.16. The molecule has 4 amide bonds. The first-order chi connectivity index (χ1) is 16.1. The number of nitrogens with zero attached hydrogens (tertiary/aromatic N) is 3. The van der Waals surface area contributed by atoms with E-state index in [1.165, 1.54) is 34.2 Å². The Morgan fingerprint density at radius 2 is 1.74 bits per heavy atom. The molecule has 1 saturated heterocycles. The fraction of sp³-hybridized carbons (Fsp3) is 0.364. The molecule has 34 heavy (non-hydrogen) atoms. The lowest BCUT2D eigenvalue weighted by atomic mass is 9.92. The van der Waals surface area contributed by atoms with E-state index in [2.05, 4.69) is 9.72 Å². The zero-order valence-corrected chi connectivity index (χ0v) is 17.8. The number of imide groups is 1. The molecule has 0 radical (unpaired) electrons. The highest BCUT2D eigenvalue weighted by molar-refractivity contribution is 6.12. The summed E-state index contributed by atoms with van der Waals surface area (Å²) in [5.41, 5.74) is 5.82. The zero-order chi connectivity index (χ0) is 24.5. The Hall–Kier alpha value is -3.83. The molecule has 2 aromatic rings. The van der Waals surface area contributed by atoms with E-state index in [1.807, 2.05) is 0 Å². The lowest BCUT2D eigenvalue weighted by Crippen LogP contribution is -2.44. The number of carbonyl (C=O) groups excluding carboxylic acids is 3. The molecule has 1 aliphatic heterocycles. The summed E-state index contributed by atoms with van der Waals surface area (Å²) in [4.78, 5) is 43.6. The molecule has 2 aliphatic rings. The smallest absolute Gasteiger partial charge is 0.474 e. The van der Waals surface area contributed by atoms with Gasteiger partial charge in [-0.1, -0.05) is 0 Å². The number of carbonyl (C=O) groups is 3. The number of pyridine rings is 1. The second kappa shape index (κ2) is 9.20. The summed E-state index contributed by atoms with van der Waals surface area (Å²) in [7, 11) is 0. The molecule has 9 nitrogen and oxygen atoms in total. The molecule has 2 fully saturated rings. The number of hydrogen-bond acceptors (Lipinski definition) is 6. The summed E-state index contributed by atoms with van der Waals surface area (Å²) in [6.45, 7) is -0.204. The van der Waals surface area contributed by atoms with Crippen molar-refractivity contribution >= 4 is 23.5 Å². The predicted molar refractivity (Wildman–Crippen MR) is 112 cm³/mol. The van der Waals surface area contributed by atoms with Crippen molar-refractivity contribution < 1.29 is 37.0 Å². The highest BCUT2D eigenvalue weighted by Crippen LogP contribution is 2.32. The molecule has 2 N–H and O–H groups in total. The van der Waals surface area contributed by atoms with Crippen LogP contribution in [0.25, 0.3) is 0 Å². The molecule has 1 aromatic carbocycles. The molecule has 0 bridgehead atoms. The van der Waals surface area contributed by atoms with Crippen molar-refractivity contribution in [3.63, 3.8) is 0 Å². The van der Waals surface area contributed by atoms with Gasteiger partial charge in [0, 0.05) is 17.9 Å². The monoisotopic (exact) mass is 478 g/mol. The molecule has 0 spiro atoms. The quantitative estimate of drug-likeness (QED) is 0.638. The molecule has 4 rings (SSSR count). The summed E-state index contributed by atoms with van der Waals surface area (Å²) in [5, 5.41) is 0. The van der Waals surface area contributed by atoms with Gasteiger partial charge in [-0.25, -0.2) is 9.78 Å². The standard InChI is InChI=1S/C22H21F3N4O5/c23-22(24,25)34-16-9-3-13(4-10-16)28-12-18(30)29(21(28)32)14-5-7-15(8-6-14)33-20-17(19(26)31)2-1-11-27-20/h1-4,9-11,14-15H,5-8,12H2,(H2,26,31)/t14-,15-. The molecule has 2 heterocycles. The fourth-order valence-corrected chi connectivity index (χ4v) is 4.16. The van der Waals surface area contributed by atoms with Gasteiger partial charge in [0.05, 0.1) is 0 Å². The summed E-state index contributed by atoms with van der Waals surface area (Å²) >= 11 is 0. The van der Waals surface area contributed by atoms with Gasteiger partial charge in [-0.05, 0) is 62.1 Å². The molecule has 1 saturated carbocycles. The van der Waals surface area contributed by atoms with Crippen LogP contribution in [0.1, 0.15) is 36.0 Å². The first kappa shape index (κ1) is 23.3. The first-order valence-corrected chi connectivity index (χ1v) is 10.5. The summed E-state index contributed by atoms with van der Waals surface area (Å²) in [6, 6.07) is 7.00. The van der Waals surface area contributed by atoms with Crippen molar-refractivity contribution in [1.29, 1.82) is 0 Å². The van der Waals surface area contributed by atoms with E-state index >= 15 is 0 Å². The van der Waals surface area contributed by atoms with Crippen LogP contribution in [0.15, 0.2) is 42.6 Å². The van der Waals surface area contributed by atoms with Crippen molar-refractivity contribution in [1.82, 2.24) is 9.88 Å². The Morgan fingerprint density at radius 1 is 1.06 bits per heavy atom. The highest BCUT2D eigenvalue weighted by Gasteiger charge is 2.42. The van der Waals surface area contributed by atoms with Gasteiger partial charge in [0.15, 0.2) is 0 Å². The van der Waals surface area contributed by atoms with Gasteiger partial charge in [-0.15, -0.1) is 13.2 Å². The number of ether oxygens (including phenoxy) is 2. The Morgan fingerprint density at radius 3 is 2.35 bits per heavy atom. The van der Waals surface area contributed by atoms with Gasteiger partial charge in [0.1, 0.15) is 24.0 Å². The molecule has 1 aliphatic carbocycles. The maximum absolute atomic E-state index is 12.9. The van der Waals surface area contributed by atoms with Crippen LogP contribution in [0.5, 0.6) is 11.6 Å². The van der Waals surface area contributed by atoms with Crippen LogP contribution >= 0.6 is 0 Å². The van der Waals surface area contributed by atoms with Crippen LogP contribution in [-0.4, -0.2) is 52.8 Å². The number of anilines is 1. The summed E-state index contributed by atoms with van der Waals surface area (Å²) in [5.74, 6) is -1.30. The maximum atomic E-state index is 12.9. The number of amides is 4. The Kier molecular flexibility index (Phi) is 6.31. The average Bonchev–Trinajstić information content (AvgIpc) is 3.08. The predicted octanol–water partition coefficient (Wildman–Crippen LogP) is 3.24. The Labute approximate surface area is 192 Å². The van der Waals surface area contributed by atoms with E-state index in [9.17, 15) is 27.6 Å². The minimum absolute atomic E-state index is 0.149. The maximum Gasteiger partial charge on any atom is 0.573 e. The van der Waals surface area contributed by atoms with Gasteiger partial charge in [-0.2, -0.15) is 0 Å². The molecular weight excluding hydrogens is 457 g/mol. The molecule has 1 aromatic heterocycles. The van der Waals surface area contributed by atoms with Crippen LogP contribution in [0, 0.1) is 0 Å². The Bertz CT molecular complexity index is 1080. The number of alkyl halides is 3. The average molecular weight is 478 g/mol. The third-order valence-corrected chi connectivity index (χ3v) is 5.70. The third kappa shape index (κ3) is 5.05. The number of rotatable bonds is 6. The van der Waals surface area contributed by atoms with Crippen molar-refractivity contribution in [2.24, 2.45) is 5.73 Å². The van der Waals surface area contributed by atoms with Gasteiger partial charge in [0.25, 0.3) is 11.8 Å². The van der Waals surface area contributed by atoms with Crippen molar-refractivity contribution in [2.45, 2.75) is 44.2 Å². The number of urea groups is 1. The van der Waals surface area contributed by atoms with Crippen LogP contribution in [0.3, 0.4) is 0 Å². The first-order valence-electron chi connectivity index (χ1n) is 10.5. The highest BCUT2D eigenvalue weighted by atomic mass is 19.4. The summed E-state index contributed by atoms with van der Waals surface area (Å²) < 4.78 is 46.7.